The summed E-state index contributed by atoms with van der Waals surface area (Å²) < 4.78 is 26.9. The number of sulfonamides is 1. The van der Waals surface area contributed by atoms with E-state index >= 15 is 0 Å². The van der Waals surface area contributed by atoms with Crippen LogP contribution in [0.5, 0.6) is 0 Å². The zero-order valence-corrected chi connectivity index (χ0v) is 12.5. The molecule has 0 aliphatic heterocycles. The Bertz CT molecular complexity index is 827. The Morgan fingerprint density at radius 1 is 1.00 bits per heavy atom. The summed E-state index contributed by atoms with van der Waals surface area (Å²) in [6.45, 7) is 0. The van der Waals surface area contributed by atoms with Gasteiger partial charge < -0.3 is 4.98 Å². The van der Waals surface area contributed by atoms with E-state index < -0.39 is 10.0 Å². The van der Waals surface area contributed by atoms with Crippen molar-refractivity contribution in [3.8, 4) is 11.3 Å². The van der Waals surface area contributed by atoms with Crippen LogP contribution < -0.4 is 4.72 Å². The van der Waals surface area contributed by atoms with Crippen molar-refractivity contribution in [2.45, 2.75) is 5.75 Å². The zero-order chi connectivity index (χ0) is 15.4. The van der Waals surface area contributed by atoms with Crippen molar-refractivity contribution in [3.63, 3.8) is 0 Å². The number of nitrogens with one attached hydrogen (secondary N) is 2. The average Bonchev–Trinajstić information content (AvgIpc) is 3.02. The molecular weight excluding hydrogens is 298 g/mol. The zero-order valence-electron chi connectivity index (χ0n) is 11.7. The van der Waals surface area contributed by atoms with Gasteiger partial charge in [-0.2, -0.15) is 0 Å². The first-order valence-electron chi connectivity index (χ1n) is 6.76. The highest BCUT2D eigenvalue weighted by molar-refractivity contribution is 7.91. The molecule has 0 saturated heterocycles. The fourth-order valence-electron chi connectivity index (χ4n) is 2.14. The highest BCUT2D eigenvalue weighted by Gasteiger charge is 2.11. The van der Waals surface area contributed by atoms with Gasteiger partial charge in [-0.25, -0.2) is 13.4 Å². The Hall–Kier alpha value is -2.60. The van der Waals surface area contributed by atoms with Gasteiger partial charge in [0.25, 0.3) is 0 Å². The van der Waals surface area contributed by atoms with Crippen LogP contribution >= 0.6 is 0 Å². The van der Waals surface area contributed by atoms with Crippen molar-refractivity contribution in [1.82, 2.24) is 9.97 Å². The van der Waals surface area contributed by atoms with Crippen LogP contribution in [0.1, 0.15) is 5.56 Å². The van der Waals surface area contributed by atoms with Crippen LogP contribution in [0.4, 0.5) is 5.69 Å². The van der Waals surface area contributed by atoms with E-state index in [1.165, 1.54) is 0 Å². The molecule has 6 heteroatoms. The Kier molecular flexibility index (Phi) is 3.93. The van der Waals surface area contributed by atoms with Crippen molar-refractivity contribution < 1.29 is 8.42 Å². The monoisotopic (exact) mass is 313 g/mol. The summed E-state index contributed by atoms with van der Waals surface area (Å²) in [5.74, 6) is -0.0455. The molecule has 0 fully saturated rings. The molecule has 3 rings (SSSR count). The number of anilines is 1. The third kappa shape index (κ3) is 3.53. The maximum absolute atomic E-state index is 12.2. The molecule has 112 valence electrons. The predicted molar refractivity (Wildman–Crippen MR) is 86.7 cm³/mol. The molecule has 3 aromatic rings. The molecule has 22 heavy (non-hydrogen) atoms. The van der Waals surface area contributed by atoms with Gasteiger partial charge in [0.15, 0.2) is 0 Å². The fourth-order valence-corrected chi connectivity index (χ4v) is 3.34. The van der Waals surface area contributed by atoms with Crippen LogP contribution in [0.25, 0.3) is 11.3 Å². The van der Waals surface area contributed by atoms with Crippen LogP contribution in [0.2, 0.25) is 0 Å². The lowest BCUT2D eigenvalue weighted by Gasteiger charge is -2.08. The van der Waals surface area contributed by atoms with Gasteiger partial charge in [0.05, 0.1) is 24.0 Å². The second-order valence-corrected chi connectivity index (χ2v) is 6.61. The first-order chi connectivity index (χ1) is 10.6. The lowest BCUT2D eigenvalue weighted by Crippen LogP contribution is -2.14. The summed E-state index contributed by atoms with van der Waals surface area (Å²) in [7, 11) is -3.42. The summed E-state index contributed by atoms with van der Waals surface area (Å²) >= 11 is 0. The van der Waals surface area contributed by atoms with Gasteiger partial charge in [-0.1, -0.05) is 42.5 Å². The van der Waals surface area contributed by atoms with Gasteiger partial charge in [0.2, 0.25) is 10.0 Å². The topological polar surface area (TPSA) is 74.8 Å². The average molecular weight is 313 g/mol. The molecule has 0 atom stereocenters. The summed E-state index contributed by atoms with van der Waals surface area (Å²) in [5.41, 5.74) is 3.13. The van der Waals surface area contributed by atoms with E-state index in [1.807, 2.05) is 30.3 Å². The molecule has 1 heterocycles. The quantitative estimate of drug-likeness (QED) is 0.760. The Morgan fingerprint density at radius 3 is 2.36 bits per heavy atom. The van der Waals surface area contributed by atoms with Crippen LogP contribution in [0, 0.1) is 0 Å². The molecule has 2 N–H and O–H groups in total. The third-order valence-corrected chi connectivity index (χ3v) is 4.43. The smallest absolute Gasteiger partial charge is 0.236 e. The van der Waals surface area contributed by atoms with Crippen molar-refractivity contribution in [2.24, 2.45) is 0 Å². The van der Waals surface area contributed by atoms with Gasteiger partial charge in [0.1, 0.15) is 0 Å². The first kappa shape index (κ1) is 14.3. The lowest BCUT2D eigenvalue weighted by molar-refractivity contribution is 0.600. The van der Waals surface area contributed by atoms with Gasteiger partial charge in [0, 0.05) is 5.69 Å². The molecule has 0 saturated carbocycles. The van der Waals surface area contributed by atoms with E-state index in [4.69, 9.17) is 0 Å². The predicted octanol–water partition coefficient (Wildman–Crippen LogP) is 3.02. The molecular formula is C16H15N3O2S. The van der Waals surface area contributed by atoms with Crippen LogP contribution in [-0.2, 0) is 15.8 Å². The molecule has 0 bridgehead atoms. The van der Waals surface area contributed by atoms with Crippen molar-refractivity contribution >= 4 is 15.7 Å². The molecule has 1 aromatic heterocycles. The number of nitrogens with zero attached hydrogens (tertiary/aromatic N) is 1. The molecule has 0 aliphatic rings. The standard InChI is InChI=1S/C16H15N3O2S/c20-22(21,11-13-4-2-1-3-5-13)19-15-8-6-14(7-9-15)16-10-17-12-18-16/h1-10,12,19H,11H2,(H,17,18). The second-order valence-electron chi connectivity index (χ2n) is 4.89. The molecule has 0 spiro atoms. The summed E-state index contributed by atoms with van der Waals surface area (Å²) in [4.78, 5) is 6.96. The number of aromatic amines is 1. The molecule has 0 amide bonds. The minimum absolute atomic E-state index is 0.0455. The van der Waals surface area contributed by atoms with Crippen LogP contribution in [0.15, 0.2) is 67.1 Å². The number of benzene rings is 2. The number of hydrogen-bond donors (Lipinski definition) is 2. The van der Waals surface area contributed by atoms with Crippen LogP contribution in [0.3, 0.4) is 0 Å². The van der Waals surface area contributed by atoms with Gasteiger partial charge in [-0.3, -0.25) is 4.72 Å². The Balaban J connectivity index is 1.72. The normalized spacial score (nSPS) is 11.3. The van der Waals surface area contributed by atoms with Gasteiger partial charge >= 0.3 is 0 Å². The Labute approximate surface area is 129 Å². The van der Waals surface area contributed by atoms with E-state index in [2.05, 4.69) is 14.7 Å². The fraction of sp³-hybridized carbons (Fsp3) is 0.0625. The number of rotatable bonds is 5. The van der Waals surface area contributed by atoms with E-state index in [1.54, 1.807) is 36.8 Å². The molecule has 0 unspecified atom stereocenters. The van der Waals surface area contributed by atoms with E-state index in [0.717, 1.165) is 16.8 Å². The van der Waals surface area contributed by atoms with Gasteiger partial charge in [-0.15, -0.1) is 0 Å². The van der Waals surface area contributed by atoms with Crippen molar-refractivity contribution in [2.75, 3.05) is 4.72 Å². The largest absolute Gasteiger partial charge is 0.345 e. The summed E-state index contributed by atoms with van der Waals surface area (Å²) in [6.07, 6.45) is 3.32. The third-order valence-electron chi connectivity index (χ3n) is 3.17. The maximum Gasteiger partial charge on any atom is 0.236 e. The number of imidazole rings is 1. The maximum atomic E-state index is 12.2. The number of hydrogen-bond acceptors (Lipinski definition) is 3. The molecule has 0 radical (unpaired) electrons. The summed E-state index contributed by atoms with van der Waals surface area (Å²) in [5, 5.41) is 0. The summed E-state index contributed by atoms with van der Waals surface area (Å²) in [6, 6.07) is 16.2. The lowest BCUT2D eigenvalue weighted by atomic mass is 10.1. The second kappa shape index (κ2) is 6.03. The first-order valence-corrected chi connectivity index (χ1v) is 8.41. The SMILES string of the molecule is O=S(=O)(Cc1ccccc1)Nc1ccc(-c2cnc[nH]2)cc1. The Morgan fingerprint density at radius 2 is 1.73 bits per heavy atom. The molecule has 2 aromatic carbocycles. The van der Waals surface area contributed by atoms with Gasteiger partial charge in [-0.05, 0) is 23.3 Å². The van der Waals surface area contributed by atoms with Crippen molar-refractivity contribution in [3.05, 3.63) is 72.7 Å². The minimum Gasteiger partial charge on any atom is -0.345 e. The van der Waals surface area contributed by atoms with Crippen molar-refractivity contribution in [1.29, 1.82) is 0 Å². The minimum atomic E-state index is -3.42. The van der Waals surface area contributed by atoms with E-state index in [0.29, 0.717) is 5.69 Å². The molecule has 0 aliphatic carbocycles. The number of H-pyrrole nitrogens is 1. The van der Waals surface area contributed by atoms with E-state index in [-0.39, 0.29) is 5.75 Å². The highest BCUT2D eigenvalue weighted by atomic mass is 32.2. The van der Waals surface area contributed by atoms with E-state index in [9.17, 15) is 8.42 Å². The highest BCUT2D eigenvalue weighted by Crippen LogP contribution is 2.20. The van der Waals surface area contributed by atoms with Crippen LogP contribution in [-0.4, -0.2) is 18.4 Å². The molecule has 5 nitrogen and oxygen atoms in total. The number of aromatic nitrogens is 2.